The number of amides is 1. The Morgan fingerprint density at radius 3 is 2.85 bits per heavy atom. The van der Waals surface area contributed by atoms with Gasteiger partial charge >= 0.3 is 0 Å². The van der Waals surface area contributed by atoms with Gasteiger partial charge in [-0.25, -0.2) is 4.39 Å². The van der Waals surface area contributed by atoms with Crippen LogP contribution in [0.1, 0.15) is 22.2 Å². The lowest BCUT2D eigenvalue weighted by molar-refractivity contribution is 0.0954. The summed E-state index contributed by atoms with van der Waals surface area (Å²) in [6.07, 6.45) is 0.787. The van der Waals surface area contributed by atoms with E-state index in [-0.39, 0.29) is 11.6 Å². The number of nitrogens with one attached hydrogen (secondary N) is 2. The van der Waals surface area contributed by atoms with Gasteiger partial charge in [0.15, 0.2) is 0 Å². The highest BCUT2D eigenvalue weighted by Crippen LogP contribution is 2.19. The molecule has 0 saturated carbocycles. The number of anilines is 1. The Bertz CT molecular complexity index is 569. The van der Waals surface area contributed by atoms with E-state index in [0.717, 1.165) is 6.42 Å². The molecule has 20 heavy (non-hydrogen) atoms. The van der Waals surface area contributed by atoms with Gasteiger partial charge in [-0.1, -0.05) is 12.1 Å². The SMILES string of the molecule is CCNc1c(F)cccc1C(=O)NCCc1cccs1. The Kier molecular flexibility index (Phi) is 5.12. The second-order valence-electron chi connectivity index (χ2n) is 4.28. The molecule has 3 nitrogen and oxygen atoms in total. The molecular formula is C15H17FN2OS. The fourth-order valence-electron chi connectivity index (χ4n) is 1.92. The highest BCUT2D eigenvalue weighted by molar-refractivity contribution is 7.09. The van der Waals surface area contributed by atoms with Crippen LogP contribution in [-0.4, -0.2) is 19.0 Å². The van der Waals surface area contributed by atoms with Crippen LogP contribution in [0, 0.1) is 5.82 Å². The maximum absolute atomic E-state index is 13.7. The van der Waals surface area contributed by atoms with E-state index in [0.29, 0.717) is 18.7 Å². The predicted octanol–water partition coefficient (Wildman–Crippen LogP) is 3.29. The van der Waals surface area contributed by atoms with Gasteiger partial charge in [-0.3, -0.25) is 4.79 Å². The van der Waals surface area contributed by atoms with Crippen molar-refractivity contribution < 1.29 is 9.18 Å². The molecule has 1 amide bonds. The van der Waals surface area contributed by atoms with Gasteiger partial charge in [0, 0.05) is 18.0 Å². The van der Waals surface area contributed by atoms with Gasteiger partial charge in [-0.2, -0.15) is 0 Å². The van der Waals surface area contributed by atoms with E-state index in [1.54, 1.807) is 23.5 Å². The van der Waals surface area contributed by atoms with Crippen LogP contribution in [0.5, 0.6) is 0 Å². The molecule has 5 heteroatoms. The first kappa shape index (κ1) is 14.5. The molecule has 0 radical (unpaired) electrons. The summed E-state index contributed by atoms with van der Waals surface area (Å²) in [5, 5.41) is 7.73. The number of thiophene rings is 1. The molecule has 0 fully saturated rings. The molecule has 0 saturated heterocycles. The number of hydrogen-bond donors (Lipinski definition) is 2. The standard InChI is InChI=1S/C15H17FN2OS/c1-2-17-14-12(6-3-7-13(14)16)15(19)18-9-8-11-5-4-10-20-11/h3-7,10,17H,2,8-9H2,1H3,(H,18,19). The molecule has 0 aliphatic rings. The molecular weight excluding hydrogens is 275 g/mol. The third-order valence-electron chi connectivity index (χ3n) is 2.85. The van der Waals surface area contributed by atoms with Crippen LogP contribution in [0.2, 0.25) is 0 Å². The Morgan fingerprint density at radius 2 is 2.15 bits per heavy atom. The van der Waals surface area contributed by atoms with Crippen LogP contribution < -0.4 is 10.6 Å². The van der Waals surface area contributed by atoms with Gasteiger partial charge in [0.1, 0.15) is 5.82 Å². The molecule has 0 spiro atoms. The normalized spacial score (nSPS) is 10.3. The van der Waals surface area contributed by atoms with Crippen molar-refractivity contribution in [3.05, 3.63) is 52.0 Å². The average Bonchev–Trinajstić information content (AvgIpc) is 2.94. The topological polar surface area (TPSA) is 41.1 Å². The van der Waals surface area contributed by atoms with Gasteiger partial charge in [-0.15, -0.1) is 11.3 Å². The predicted molar refractivity (Wildman–Crippen MR) is 80.9 cm³/mol. The highest BCUT2D eigenvalue weighted by atomic mass is 32.1. The highest BCUT2D eigenvalue weighted by Gasteiger charge is 2.14. The van der Waals surface area contributed by atoms with Crippen LogP contribution in [0.25, 0.3) is 0 Å². The zero-order valence-corrected chi connectivity index (χ0v) is 12.1. The summed E-state index contributed by atoms with van der Waals surface area (Å²) in [6.45, 7) is 2.97. The lowest BCUT2D eigenvalue weighted by Crippen LogP contribution is -2.26. The molecule has 106 valence electrons. The Balaban J connectivity index is 1.99. The van der Waals surface area contributed by atoms with Crippen molar-refractivity contribution in [1.29, 1.82) is 0 Å². The first-order valence-electron chi connectivity index (χ1n) is 6.55. The molecule has 2 rings (SSSR count). The zero-order chi connectivity index (χ0) is 14.4. The molecule has 0 aliphatic heterocycles. The van der Waals surface area contributed by atoms with Crippen LogP contribution >= 0.6 is 11.3 Å². The molecule has 2 N–H and O–H groups in total. The minimum atomic E-state index is -0.405. The Labute approximate surface area is 121 Å². The number of carbonyl (C=O) groups excluding carboxylic acids is 1. The third-order valence-corrected chi connectivity index (χ3v) is 3.79. The second-order valence-corrected chi connectivity index (χ2v) is 5.31. The Morgan fingerprint density at radius 1 is 1.30 bits per heavy atom. The molecule has 1 heterocycles. The number of carbonyl (C=O) groups is 1. The van der Waals surface area contributed by atoms with Gasteiger partial charge in [0.25, 0.3) is 5.91 Å². The van der Waals surface area contributed by atoms with Gasteiger partial charge in [0.05, 0.1) is 11.3 Å². The van der Waals surface area contributed by atoms with Crippen LogP contribution in [0.4, 0.5) is 10.1 Å². The van der Waals surface area contributed by atoms with Crippen molar-refractivity contribution in [2.45, 2.75) is 13.3 Å². The molecule has 1 aromatic carbocycles. The summed E-state index contributed by atoms with van der Waals surface area (Å²) in [7, 11) is 0. The Hall–Kier alpha value is -1.88. The van der Waals surface area contributed by atoms with Crippen molar-refractivity contribution >= 4 is 22.9 Å². The van der Waals surface area contributed by atoms with Crippen molar-refractivity contribution in [2.75, 3.05) is 18.4 Å². The fraction of sp³-hybridized carbons (Fsp3) is 0.267. The molecule has 2 aromatic rings. The number of hydrogen-bond acceptors (Lipinski definition) is 3. The molecule has 0 aliphatic carbocycles. The van der Waals surface area contributed by atoms with E-state index in [2.05, 4.69) is 10.6 Å². The number of benzene rings is 1. The second kappa shape index (κ2) is 7.05. The summed E-state index contributed by atoms with van der Waals surface area (Å²) in [4.78, 5) is 13.3. The molecule has 0 bridgehead atoms. The van der Waals surface area contributed by atoms with E-state index in [9.17, 15) is 9.18 Å². The minimum absolute atomic E-state index is 0.253. The smallest absolute Gasteiger partial charge is 0.253 e. The average molecular weight is 292 g/mol. The van der Waals surface area contributed by atoms with E-state index < -0.39 is 5.82 Å². The number of rotatable bonds is 6. The molecule has 0 atom stereocenters. The van der Waals surface area contributed by atoms with Crippen LogP contribution in [0.3, 0.4) is 0 Å². The van der Waals surface area contributed by atoms with Gasteiger partial charge in [-0.05, 0) is 36.9 Å². The summed E-state index contributed by atoms with van der Waals surface area (Å²) < 4.78 is 13.7. The molecule has 1 aromatic heterocycles. The maximum Gasteiger partial charge on any atom is 0.253 e. The van der Waals surface area contributed by atoms with E-state index in [1.165, 1.54) is 10.9 Å². The quantitative estimate of drug-likeness (QED) is 0.858. The fourth-order valence-corrected chi connectivity index (χ4v) is 2.63. The van der Waals surface area contributed by atoms with Crippen molar-refractivity contribution in [1.82, 2.24) is 5.32 Å². The van der Waals surface area contributed by atoms with Crippen LogP contribution in [-0.2, 0) is 6.42 Å². The van der Waals surface area contributed by atoms with E-state index in [4.69, 9.17) is 0 Å². The van der Waals surface area contributed by atoms with Gasteiger partial charge < -0.3 is 10.6 Å². The molecule has 0 unspecified atom stereocenters. The largest absolute Gasteiger partial charge is 0.382 e. The van der Waals surface area contributed by atoms with Crippen molar-refractivity contribution in [2.24, 2.45) is 0 Å². The summed E-state index contributed by atoms with van der Waals surface area (Å²) in [5.41, 5.74) is 0.613. The number of halogens is 1. The third kappa shape index (κ3) is 3.57. The first-order valence-corrected chi connectivity index (χ1v) is 7.43. The van der Waals surface area contributed by atoms with Crippen molar-refractivity contribution in [3.8, 4) is 0 Å². The van der Waals surface area contributed by atoms with Gasteiger partial charge in [0.2, 0.25) is 0 Å². The zero-order valence-electron chi connectivity index (χ0n) is 11.3. The first-order chi connectivity index (χ1) is 9.72. The van der Waals surface area contributed by atoms with E-state index in [1.807, 2.05) is 24.4 Å². The van der Waals surface area contributed by atoms with Crippen LogP contribution in [0.15, 0.2) is 35.7 Å². The summed E-state index contributed by atoms with van der Waals surface area (Å²) in [6, 6.07) is 8.53. The minimum Gasteiger partial charge on any atom is -0.382 e. The maximum atomic E-state index is 13.7. The summed E-state index contributed by atoms with van der Waals surface area (Å²) >= 11 is 1.66. The number of para-hydroxylation sites is 1. The summed E-state index contributed by atoms with van der Waals surface area (Å²) in [5.74, 6) is -0.658. The lowest BCUT2D eigenvalue weighted by atomic mass is 10.1. The monoisotopic (exact) mass is 292 g/mol. The van der Waals surface area contributed by atoms with Crippen molar-refractivity contribution in [3.63, 3.8) is 0 Å². The lowest BCUT2D eigenvalue weighted by Gasteiger charge is -2.11. The van der Waals surface area contributed by atoms with E-state index >= 15 is 0 Å².